The Bertz CT molecular complexity index is 934. The molecular formula is C24H30N2O3S. The van der Waals surface area contributed by atoms with Crippen molar-refractivity contribution >= 4 is 16.3 Å². The lowest BCUT2D eigenvalue weighted by molar-refractivity contribution is 0.188. The van der Waals surface area contributed by atoms with E-state index in [9.17, 15) is 10.0 Å². The zero-order valence-electron chi connectivity index (χ0n) is 17.7. The first-order chi connectivity index (χ1) is 14.6. The van der Waals surface area contributed by atoms with E-state index in [2.05, 4.69) is 47.9 Å². The van der Waals surface area contributed by atoms with Gasteiger partial charge in [0.05, 0.1) is 6.61 Å². The van der Waals surface area contributed by atoms with E-state index in [1.165, 1.54) is 11.1 Å². The molecule has 5 nitrogen and oxygen atoms in total. The van der Waals surface area contributed by atoms with Gasteiger partial charge in [-0.2, -0.15) is 0 Å². The van der Waals surface area contributed by atoms with E-state index in [0.717, 1.165) is 59.1 Å². The molecule has 0 bridgehead atoms. The molecule has 1 fully saturated rings. The summed E-state index contributed by atoms with van der Waals surface area (Å²) in [4.78, 5) is 13.5. The van der Waals surface area contributed by atoms with Crippen LogP contribution < -0.4 is 4.74 Å². The Hall–Kier alpha value is -2.31. The van der Waals surface area contributed by atoms with Gasteiger partial charge in [-0.25, -0.2) is 0 Å². The van der Waals surface area contributed by atoms with Crippen LogP contribution in [-0.4, -0.2) is 40.4 Å². The molecule has 2 aromatic carbocycles. The monoisotopic (exact) mass is 426 g/mol. The fraction of sp³-hybridized carbons (Fsp3) is 0.417. The molecule has 2 aliphatic heterocycles. The molecule has 160 valence electrons. The highest BCUT2D eigenvalue weighted by Crippen LogP contribution is 2.53. The molecule has 0 amide bonds. The van der Waals surface area contributed by atoms with E-state index in [4.69, 9.17) is 4.74 Å². The molecule has 0 atom stereocenters. The molecule has 2 aromatic rings. The quantitative estimate of drug-likeness (QED) is 0.636. The topological polar surface area (TPSA) is 62.1 Å². The minimum atomic E-state index is -1.33. The van der Waals surface area contributed by atoms with Crippen LogP contribution in [0.2, 0.25) is 0 Å². The lowest BCUT2D eigenvalue weighted by Crippen LogP contribution is -2.29. The second kappa shape index (κ2) is 8.82. The molecule has 30 heavy (non-hydrogen) atoms. The Morgan fingerprint density at radius 2 is 1.90 bits per heavy atom. The first-order valence-electron chi connectivity index (χ1n) is 10.6. The number of hydrogen-bond donors (Lipinski definition) is 1. The van der Waals surface area contributed by atoms with Gasteiger partial charge < -0.3 is 14.7 Å². The van der Waals surface area contributed by atoms with Crippen molar-refractivity contribution in [3.63, 3.8) is 0 Å². The van der Waals surface area contributed by atoms with Gasteiger partial charge in [0.2, 0.25) is 0 Å². The summed E-state index contributed by atoms with van der Waals surface area (Å²) in [5.41, 5.74) is 5.52. The molecule has 2 aliphatic rings. The molecule has 0 unspecified atom stereocenters. The third-order valence-electron chi connectivity index (χ3n) is 6.26. The number of ether oxygens (including phenoxy) is 1. The zero-order chi connectivity index (χ0) is 21.1. The highest BCUT2D eigenvalue weighted by Gasteiger charge is 2.32. The maximum Gasteiger partial charge on any atom is 0.125 e. The summed E-state index contributed by atoms with van der Waals surface area (Å²) in [6.45, 7) is 2.95. The van der Waals surface area contributed by atoms with Gasteiger partial charge in [-0.3, -0.25) is 0 Å². The van der Waals surface area contributed by atoms with E-state index in [0.29, 0.717) is 0 Å². The van der Waals surface area contributed by atoms with Crippen LogP contribution in [0.1, 0.15) is 36.5 Å². The first kappa shape index (κ1) is 20.9. The van der Waals surface area contributed by atoms with Crippen molar-refractivity contribution in [3.05, 3.63) is 64.2 Å². The molecule has 2 heterocycles. The predicted octanol–water partition coefficient (Wildman–Crippen LogP) is 5.31. The lowest BCUT2D eigenvalue weighted by atomic mass is 9.95. The van der Waals surface area contributed by atoms with Crippen LogP contribution in [0.25, 0.3) is 17.2 Å². The summed E-state index contributed by atoms with van der Waals surface area (Å²) in [5.74, 6) is 3.57. The highest BCUT2D eigenvalue weighted by molar-refractivity contribution is 8.32. The fourth-order valence-corrected chi connectivity index (χ4v) is 6.67. The number of fused-ring (bicyclic) bond motifs is 1. The van der Waals surface area contributed by atoms with Gasteiger partial charge in [0.25, 0.3) is 0 Å². The SMILES string of the molecule is CCS1(N=O)CCC(Oc2cc(-c3ccc(CO)cc3)cc3c2CN(C)C=C3)CC1. The number of aliphatic hydroxyl groups excluding tert-OH is 1. The van der Waals surface area contributed by atoms with Crippen LogP contribution >= 0.6 is 10.2 Å². The minimum Gasteiger partial charge on any atom is -0.490 e. The van der Waals surface area contributed by atoms with Crippen LogP contribution in [0.15, 0.2) is 47.2 Å². The fourth-order valence-electron chi connectivity index (χ4n) is 4.23. The number of nitroso groups, excluding NO2 is 1. The van der Waals surface area contributed by atoms with Crippen molar-refractivity contribution in [2.24, 2.45) is 4.58 Å². The second-order valence-electron chi connectivity index (χ2n) is 8.22. The lowest BCUT2D eigenvalue weighted by Gasteiger charge is -2.38. The smallest absolute Gasteiger partial charge is 0.125 e. The standard InChI is InChI=1S/C24H30N2O3S/c1-3-30(25-28)12-9-22(10-13-30)29-24-15-21(19-6-4-18(17-27)5-7-19)14-20-8-11-26(2)16-23(20)24/h4-8,11,14-15,22,27H,3,9-10,12-13,16-17H2,1-2H3. The zero-order valence-corrected chi connectivity index (χ0v) is 18.5. The molecule has 1 N–H and O–H groups in total. The van der Waals surface area contributed by atoms with Crippen LogP contribution in [0.5, 0.6) is 5.75 Å². The van der Waals surface area contributed by atoms with Crippen LogP contribution in [0.3, 0.4) is 0 Å². The van der Waals surface area contributed by atoms with Crippen LogP contribution in [-0.2, 0) is 13.2 Å². The molecule has 0 spiro atoms. The van der Waals surface area contributed by atoms with Crippen molar-refractivity contribution in [2.75, 3.05) is 24.3 Å². The average molecular weight is 427 g/mol. The minimum absolute atomic E-state index is 0.0481. The Morgan fingerprint density at radius 3 is 2.53 bits per heavy atom. The van der Waals surface area contributed by atoms with Crippen LogP contribution in [0.4, 0.5) is 0 Å². The molecule has 0 aromatic heterocycles. The summed E-state index contributed by atoms with van der Waals surface area (Å²) in [6, 6.07) is 12.4. The molecule has 4 rings (SSSR count). The predicted molar refractivity (Wildman–Crippen MR) is 126 cm³/mol. The Morgan fingerprint density at radius 1 is 1.17 bits per heavy atom. The van der Waals surface area contributed by atoms with Crippen molar-refractivity contribution < 1.29 is 9.84 Å². The van der Waals surface area contributed by atoms with Crippen molar-refractivity contribution in [1.29, 1.82) is 0 Å². The molecule has 0 aliphatic carbocycles. The summed E-state index contributed by atoms with van der Waals surface area (Å²) in [6.07, 6.45) is 6.15. The molecule has 6 heteroatoms. The molecule has 1 saturated heterocycles. The largest absolute Gasteiger partial charge is 0.490 e. The van der Waals surface area contributed by atoms with Crippen molar-refractivity contribution in [1.82, 2.24) is 4.90 Å². The first-order valence-corrected chi connectivity index (χ1v) is 12.7. The van der Waals surface area contributed by atoms with Gasteiger partial charge in [0, 0.05) is 30.7 Å². The van der Waals surface area contributed by atoms with Gasteiger partial charge in [-0.1, -0.05) is 31.2 Å². The van der Waals surface area contributed by atoms with Gasteiger partial charge in [-0.05, 0) is 69.8 Å². The Labute approximate surface area is 180 Å². The summed E-state index contributed by atoms with van der Waals surface area (Å²) < 4.78 is 10.1. The van der Waals surface area contributed by atoms with Crippen molar-refractivity contribution in [2.45, 2.75) is 39.0 Å². The number of nitrogens with zero attached hydrogens (tertiary/aromatic N) is 2. The van der Waals surface area contributed by atoms with E-state index >= 15 is 0 Å². The summed E-state index contributed by atoms with van der Waals surface area (Å²) >= 11 is 0. The number of rotatable bonds is 6. The van der Waals surface area contributed by atoms with E-state index in [-0.39, 0.29) is 12.7 Å². The van der Waals surface area contributed by atoms with E-state index in [1.807, 2.05) is 24.3 Å². The van der Waals surface area contributed by atoms with Gasteiger partial charge in [-0.15, -0.1) is 15.1 Å². The van der Waals surface area contributed by atoms with Gasteiger partial charge in [0.15, 0.2) is 0 Å². The second-order valence-corrected chi connectivity index (χ2v) is 11.8. The average Bonchev–Trinajstić information content (AvgIpc) is 2.80. The maximum atomic E-state index is 11.4. The Kier molecular flexibility index (Phi) is 6.16. The van der Waals surface area contributed by atoms with E-state index in [1.54, 1.807) is 0 Å². The maximum absolute atomic E-state index is 11.4. The van der Waals surface area contributed by atoms with Crippen LogP contribution in [0, 0.1) is 4.91 Å². The highest BCUT2D eigenvalue weighted by atomic mass is 32.3. The third kappa shape index (κ3) is 4.25. The number of benzene rings is 2. The van der Waals surface area contributed by atoms with Crippen molar-refractivity contribution in [3.8, 4) is 16.9 Å². The number of hydrogen-bond acceptors (Lipinski definition) is 5. The summed E-state index contributed by atoms with van der Waals surface area (Å²) in [5, 5.41) is 9.32. The molecular weight excluding hydrogens is 396 g/mol. The third-order valence-corrected chi connectivity index (χ3v) is 9.64. The van der Waals surface area contributed by atoms with Gasteiger partial charge >= 0.3 is 0 Å². The molecule has 0 saturated carbocycles. The van der Waals surface area contributed by atoms with E-state index < -0.39 is 10.2 Å². The summed E-state index contributed by atoms with van der Waals surface area (Å²) in [7, 11) is 0.737. The molecule has 0 radical (unpaired) electrons. The number of aliphatic hydroxyl groups is 1. The van der Waals surface area contributed by atoms with Gasteiger partial charge in [0.1, 0.15) is 11.9 Å². The Balaban J connectivity index is 1.63. The normalized spacial score (nSPS) is 25.3.